The Hall–Kier alpha value is -2.70. The first-order valence-electron chi connectivity index (χ1n) is 8.22. The summed E-state index contributed by atoms with van der Waals surface area (Å²) in [7, 11) is 0. The van der Waals surface area contributed by atoms with E-state index in [-0.39, 0.29) is 5.56 Å². The molecule has 0 amide bonds. The van der Waals surface area contributed by atoms with Crippen LogP contribution in [0, 0.1) is 5.92 Å². The number of anilines is 1. The third-order valence-electron chi connectivity index (χ3n) is 4.88. The summed E-state index contributed by atoms with van der Waals surface area (Å²) >= 11 is 0. The first kappa shape index (κ1) is 15.8. The molecule has 0 unspecified atom stereocenters. The van der Waals surface area contributed by atoms with Gasteiger partial charge < -0.3 is 14.4 Å². The van der Waals surface area contributed by atoms with Crippen molar-refractivity contribution >= 4 is 28.3 Å². The molecule has 0 spiro atoms. The van der Waals surface area contributed by atoms with Crippen molar-refractivity contribution in [2.75, 3.05) is 18.0 Å². The number of piperidine rings is 1. The van der Waals surface area contributed by atoms with Crippen LogP contribution in [0.1, 0.15) is 23.2 Å². The zero-order valence-corrected chi connectivity index (χ0v) is 13.4. The summed E-state index contributed by atoms with van der Waals surface area (Å²) in [5.41, 5.74) is 2.46. The number of halogens is 2. The molecule has 1 aliphatic heterocycles. The van der Waals surface area contributed by atoms with Gasteiger partial charge in [0.25, 0.3) is 0 Å². The number of alkyl halides is 2. The normalized spacial score (nSPS) is 16.2. The lowest BCUT2D eigenvalue weighted by Crippen LogP contribution is -2.36. The molecule has 3 aromatic rings. The lowest BCUT2D eigenvalue weighted by Gasteiger charge is -2.33. The maximum Gasteiger partial charge on any atom is 0.335 e. The van der Waals surface area contributed by atoms with Crippen LogP contribution in [0.25, 0.3) is 16.6 Å². The Balaban J connectivity index is 1.79. The predicted octanol–water partition coefficient (Wildman–Crippen LogP) is 3.67. The van der Waals surface area contributed by atoms with Gasteiger partial charge in [-0.3, -0.25) is 0 Å². The minimum absolute atomic E-state index is 0.175. The van der Waals surface area contributed by atoms with Crippen molar-refractivity contribution in [3.8, 4) is 0 Å². The molecule has 130 valence electrons. The number of nitrogens with zero attached hydrogens (tertiary/aromatic N) is 3. The number of carboxylic acids is 1. The van der Waals surface area contributed by atoms with Crippen molar-refractivity contribution in [2.24, 2.45) is 5.92 Å². The summed E-state index contributed by atoms with van der Waals surface area (Å²) in [5.74, 6) is -0.846. The van der Waals surface area contributed by atoms with E-state index < -0.39 is 18.3 Å². The average molecular weight is 345 g/mol. The quantitative estimate of drug-likeness (QED) is 0.787. The van der Waals surface area contributed by atoms with E-state index >= 15 is 0 Å². The van der Waals surface area contributed by atoms with Gasteiger partial charge in [-0.2, -0.15) is 0 Å². The molecule has 25 heavy (non-hydrogen) atoms. The SMILES string of the molecule is O=C(O)c1ccc2c(c1)nc(N1CCC(C(F)F)CC1)c1cccn12. The van der Waals surface area contributed by atoms with Gasteiger partial charge in [0, 0.05) is 25.2 Å². The fraction of sp³-hybridized carbons (Fsp3) is 0.333. The molecule has 7 heteroatoms. The van der Waals surface area contributed by atoms with Crippen molar-refractivity contribution in [1.82, 2.24) is 9.38 Å². The van der Waals surface area contributed by atoms with Crippen molar-refractivity contribution in [2.45, 2.75) is 19.3 Å². The summed E-state index contributed by atoms with van der Waals surface area (Å²) in [6, 6.07) is 8.68. The average Bonchev–Trinajstić information content (AvgIpc) is 3.10. The molecule has 4 rings (SSSR count). The minimum atomic E-state index is -2.28. The third-order valence-corrected chi connectivity index (χ3v) is 4.88. The van der Waals surface area contributed by atoms with Gasteiger partial charge in [-0.05, 0) is 43.2 Å². The molecule has 0 bridgehead atoms. The Labute approximate surface area is 142 Å². The van der Waals surface area contributed by atoms with Crippen molar-refractivity contribution < 1.29 is 18.7 Å². The lowest BCUT2D eigenvalue weighted by molar-refractivity contribution is 0.0635. The van der Waals surface area contributed by atoms with Gasteiger partial charge in [-0.1, -0.05) is 0 Å². The molecular weight excluding hydrogens is 328 g/mol. The number of rotatable bonds is 3. The number of benzene rings is 1. The number of hydrogen-bond acceptors (Lipinski definition) is 3. The number of carbonyl (C=O) groups is 1. The summed E-state index contributed by atoms with van der Waals surface area (Å²) in [4.78, 5) is 17.9. The molecule has 1 aromatic carbocycles. The van der Waals surface area contributed by atoms with Gasteiger partial charge in [-0.15, -0.1) is 0 Å². The number of hydrogen-bond donors (Lipinski definition) is 1. The first-order chi connectivity index (χ1) is 12.0. The smallest absolute Gasteiger partial charge is 0.335 e. The van der Waals surface area contributed by atoms with Crippen LogP contribution in [-0.2, 0) is 0 Å². The van der Waals surface area contributed by atoms with Crippen LogP contribution in [0.3, 0.4) is 0 Å². The maximum atomic E-state index is 12.9. The van der Waals surface area contributed by atoms with E-state index in [1.54, 1.807) is 18.2 Å². The zero-order chi connectivity index (χ0) is 17.6. The Morgan fingerprint density at radius 3 is 2.64 bits per heavy atom. The van der Waals surface area contributed by atoms with Gasteiger partial charge >= 0.3 is 5.97 Å². The maximum absolute atomic E-state index is 12.9. The number of fused-ring (bicyclic) bond motifs is 3. The van der Waals surface area contributed by atoms with Gasteiger partial charge in [0.05, 0.1) is 22.1 Å². The molecule has 1 N–H and O–H groups in total. The third kappa shape index (κ3) is 2.69. The second kappa shape index (κ2) is 5.98. The summed E-state index contributed by atoms with van der Waals surface area (Å²) in [6.07, 6.45) is 0.478. The van der Waals surface area contributed by atoms with E-state index in [2.05, 4.69) is 4.98 Å². The molecule has 0 atom stereocenters. The highest BCUT2D eigenvalue weighted by Gasteiger charge is 2.27. The monoisotopic (exact) mass is 345 g/mol. The van der Waals surface area contributed by atoms with Gasteiger partial charge in [0.1, 0.15) is 0 Å². The highest BCUT2D eigenvalue weighted by Crippen LogP contribution is 2.31. The molecular formula is C18H17F2N3O2. The van der Waals surface area contributed by atoms with Crippen molar-refractivity contribution in [3.63, 3.8) is 0 Å². The largest absolute Gasteiger partial charge is 0.478 e. The van der Waals surface area contributed by atoms with E-state index in [4.69, 9.17) is 0 Å². The fourth-order valence-corrected chi connectivity index (χ4v) is 3.49. The lowest BCUT2D eigenvalue weighted by atomic mass is 9.97. The Morgan fingerprint density at radius 2 is 1.96 bits per heavy atom. The van der Waals surface area contributed by atoms with Crippen LogP contribution < -0.4 is 4.90 Å². The first-order valence-corrected chi connectivity index (χ1v) is 8.22. The van der Waals surface area contributed by atoms with E-state index in [9.17, 15) is 18.7 Å². The summed E-state index contributed by atoms with van der Waals surface area (Å²) in [5, 5.41) is 9.20. The standard InChI is InChI=1S/C18H17F2N3O2/c19-16(20)11-5-8-22(9-6-11)17-15-2-1-7-23(15)14-4-3-12(18(24)25)10-13(14)21-17/h1-4,7,10-11,16H,5-6,8-9H2,(H,24,25). The van der Waals surface area contributed by atoms with Crippen molar-refractivity contribution in [1.29, 1.82) is 0 Å². The second-order valence-corrected chi connectivity index (χ2v) is 6.37. The summed E-state index contributed by atoms with van der Waals surface area (Å²) < 4.78 is 27.7. The van der Waals surface area contributed by atoms with Gasteiger partial charge in [-0.25, -0.2) is 18.6 Å². The summed E-state index contributed by atoms with van der Waals surface area (Å²) in [6.45, 7) is 1.04. The minimum Gasteiger partial charge on any atom is -0.478 e. The van der Waals surface area contributed by atoms with E-state index in [0.29, 0.717) is 37.3 Å². The highest BCUT2D eigenvalue weighted by atomic mass is 19.3. The molecule has 2 aromatic heterocycles. The Kier molecular flexibility index (Phi) is 3.78. The molecule has 1 fully saturated rings. The molecule has 0 saturated carbocycles. The molecule has 0 aliphatic carbocycles. The number of aromatic carboxylic acids is 1. The van der Waals surface area contributed by atoms with Crippen LogP contribution in [0.5, 0.6) is 0 Å². The van der Waals surface area contributed by atoms with E-state index in [0.717, 1.165) is 11.0 Å². The predicted molar refractivity (Wildman–Crippen MR) is 90.6 cm³/mol. The highest BCUT2D eigenvalue weighted by molar-refractivity contribution is 5.94. The zero-order valence-electron chi connectivity index (χ0n) is 13.4. The molecule has 1 aliphatic rings. The molecule has 0 radical (unpaired) electrons. The molecule has 1 saturated heterocycles. The Morgan fingerprint density at radius 1 is 1.20 bits per heavy atom. The topological polar surface area (TPSA) is 57.8 Å². The van der Waals surface area contributed by atoms with Crippen LogP contribution in [0.15, 0.2) is 36.5 Å². The van der Waals surface area contributed by atoms with Gasteiger partial charge in [0.2, 0.25) is 6.43 Å². The number of aromatic nitrogens is 2. The van der Waals surface area contributed by atoms with Gasteiger partial charge in [0.15, 0.2) is 5.82 Å². The second-order valence-electron chi connectivity index (χ2n) is 6.37. The van der Waals surface area contributed by atoms with Crippen LogP contribution in [-0.4, -0.2) is 40.0 Å². The Bertz CT molecular complexity index is 946. The fourth-order valence-electron chi connectivity index (χ4n) is 3.49. The van der Waals surface area contributed by atoms with E-state index in [1.165, 1.54) is 0 Å². The van der Waals surface area contributed by atoms with E-state index in [1.807, 2.05) is 27.6 Å². The van der Waals surface area contributed by atoms with Crippen LogP contribution in [0.2, 0.25) is 0 Å². The molecule has 5 nitrogen and oxygen atoms in total. The molecule has 3 heterocycles. The van der Waals surface area contributed by atoms with Crippen molar-refractivity contribution in [3.05, 3.63) is 42.1 Å². The van der Waals surface area contributed by atoms with Crippen LogP contribution in [0.4, 0.5) is 14.6 Å². The van der Waals surface area contributed by atoms with Crippen LogP contribution >= 0.6 is 0 Å². The number of carboxylic acid groups (broad SMARTS) is 1.